The number of aliphatic hydroxyl groups is 1. The van der Waals surface area contributed by atoms with Crippen LogP contribution in [0.25, 0.3) is 0 Å². The Morgan fingerprint density at radius 1 is 1.40 bits per heavy atom. The molecule has 1 saturated carbocycles. The molecule has 0 aromatic heterocycles. The topological polar surface area (TPSA) is 29.5 Å². The Balaban J connectivity index is 1.96. The summed E-state index contributed by atoms with van der Waals surface area (Å²) in [6.07, 6.45) is 5.25. The van der Waals surface area contributed by atoms with Crippen LogP contribution in [0.4, 0.5) is 0 Å². The van der Waals surface area contributed by atoms with Crippen molar-refractivity contribution in [1.82, 2.24) is 0 Å². The first-order chi connectivity index (χ1) is 4.81. The van der Waals surface area contributed by atoms with E-state index in [-0.39, 0.29) is 11.7 Å². The zero-order valence-corrected chi connectivity index (χ0v) is 6.18. The van der Waals surface area contributed by atoms with Gasteiger partial charge in [0.2, 0.25) is 0 Å². The summed E-state index contributed by atoms with van der Waals surface area (Å²) in [4.78, 5) is 0. The summed E-state index contributed by atoms with van der Waals surface area (Å²) in [6, 6.07) is 0. The van der Waals surface area contributed by atoms with Crippen molar-refractivity contribution in [2.24, 2.45) is 0 Å². The molecule has 2 fully saturated rings. The Morgan fingerprint density at radius 2 is 2.20 bits per heavy atom. The van der Waals surface area contributed by atoms with E-state index in [0.717, 1.165) is 25.9 Å². The summed E-state index contributed by atoms with van der Waals surface area (Å²) >= 11 is 0. The summed E-state index contributed by atoms with van der Waals surface area (Å²) in [7, 11) is 0. The van der Waals surface area contributed by atoms with Crippen LogP contribution >= 0.6 is 0 Å². The van der Waals surface area contributed by atoms with Gasteiger partial charge in [-0.25, -0.2) is 0 Å². The maximum Gasteiger partial charge on any atom is 0.0729 e. The van der Waals surface area contributed by atoms with Crippen LogP contribution in [-0.4, -0.2) is 23.4 Å². The van der Waals surface area contributed by atoms with Crippen molar-refractivity contribution >= 4 is 0 Å². The average molecular weight is 142 g/mol. The fraction of sp³-hybridized carbons (Fsp3) is 1.00. The first-order valence-corrected chi connectivity index (χ1v) is 4.13. The molecule has 10 heavy (non-hydrogen) atoms. The number of hydrogen-bond donors (Lipinski definition) is 1. The van der Waals surface area contributed by atoms with Crippen LogP contribution in [0.2, 0.25) is 0 Å². The van der Waals surface area contributed by atoms with Crippen LogP contribution in [0.15, 0.2) is 0 Å². The van der Waals surface area contributed by atoms with Gasteiger partial charge in [0.15, 0.2) is 0 Å². The van der Waals surface area contributed by atoms with E-state index in [9.17, 15) is 5.11 Å². The molecule has 0 amide bonds. The maximum absolute atomic E-state index is 9.33. The van der Waals surface area contributed by atoms with Crippen LogP contribution in [0.1, 0.15) is 32.1 Å². The first kappa shape index (κ1) is 6.62. The van der Waals surface area contributed by atoms with Gasteiger partial charge in [0.05, 0.1) is 18.3 Å². The molecule has 1 N–H and O–H groups in total. The van der Waals surface area contributed by atoms with Crippen molar-refractivity contribution < 1.29 is 9.84 Å². The lowest BCUT2D eigenvalue weighted by Crippen LogP contribution is -2.48. The highest BCUT2D eigenvalue weighted by Crippen LogP contribution is 2.40. The molecule has 1 heterocycles. The molecule has 0 radical (unpaired) electrons. The van der Waals surface area contributed by atoms with Gasteiger partial charge in [-0.05, 0) is 25.7 Å². The standard InChI is InChI=1S/C8H14O2/c9-7-2-1-3-8(6-7)4-5-10-8/h7,9H,1-6H2. The molecule has 1 aliphatic carbocycles. The van der Waals surface area contributed by atoms with Gasteiger partial charge in [0.1, 0.15) is 0 Å². The molecule has 0 aromatic carbocycles. The van der Waals surface area contributed by atoms with E-state index in [1.165, 1.54) is 12.8 Å². The fourth-order valence-electron chi connectivity index (χ4n) is 2.04. The van der Waals surface area contributed by atoms with Gasteiger partial charge >= 0.3 is 0 Å². The highest BCUT2D eigenvalue weighted by atomic mass is 16.5. The lowest BCUT2D eigenvalue weighted by molar-refractivity contribution is -0.182. The predicted molar refractivity (Wildman–Crippen MR) is 37.8 cm³/mol. The lowest BCUT2D eigenvalue weighted by atomic mass is 9.78. The lowest BCUT2D eigenvalue weighted by Gasteiger charge is -2.46. The summed E-state index contributed by atoms with van der Waals surface area (Å²) in [5, 5.41) is 9.33. The van der Waals surface area contributed by atoms with Crippen molar-refractivity contribution in [1.29, 1.82) is 0 Å². The van der Waals surface area contributed by atoms with Crippen molar-refractivity contribution in [3.8, 4) is 0 Å². The quantitative estimate of drug-likeness (QED) is 0.548. The van der Waals surface area contributed by atoms with Crippen LogP contribution in [0, 0.1) is 0 Å². The van der Waals surface area contributed by atoms with Crippen molar-refractivity contribution in [3.05, 3.63) is 0 Å². The van der Waals surface area contributed by atoms with Gasteiger partial charge in [-0.3, -0.25) is 0 Å². The monoisotopic (exact) mass is 142 g/mol. The smallest absolute Gasteiger partial charge is 0.0729 e. The molecule has 2 aliphatic rings. The van der Waals surface area contributed by atoms with E-state index < -0.39 is 0 Å². The third-order valence-corrected chi connectivity index (χ3v) is 2.74. The third kappa shape index (κ3) is 0.956. The Labute approximate surface area is 61.2 Å². The molecule has 0 aromatic rings. The van der Waals surface area contributed by atoms with Crippen LogP contribution in [0.3, 0.4) is 0 Å². The fourth-order valence-corrected chi connectivity index (χ4v) is 2.04. The molecule has 2 rings (SSSR count). The second-order valence-corrected chi connectivity index (χ2v) is 3.53. The van der Waals surface area contributed by atoms with E-state index >= 15 is 0 Å². The molecule has 2 unspecified atom stereocenters. The average Bonchev–Trinajstić information content (AvgIpc) is 1.85. The molecule has 2 nitrogen and oxygen atoms in total. The minimum Gasteiger partial charge on any atom is -0.393 e. The molecule has 2 heteroatoms. The second kappa shape index (κ2) is 2.21. The van der Waals surface area contributed by atoms with Gasteiger partial charge in [0, 0.05) is 6.42 Å². The molecular formula is C8H14O2. The number of hydrogen-bond acceptors (Lipinski definition) is 2. The van der Waals surface area contributed by atoms with Crippen LogP contribution in [0.5, 0.6) is 0 Å². The normalized spacial score (nSPS) is 47.1. The molecule has 1 spiro atoms. The number of aliphatic hydroxyl groups excluding tert-OH is 1. The molecule has 0 bridgehead atoms. The molecule has 58 valence electrons. The Hall–Kier alpha value is -0.0800. The van der Waals surface area contributed by atoms with E-state index in [1.54, 1.807) is 0 Å². The van der Waals surface area contributed by atoms with Gasteiger partial charge in [-0.1, -0.05) is 0 Å². The number of rotatable bonds is 0. The van der Waals surface area contributed by atoms with E-state index in [0.29, 0.717) is 0 Å². The molecule has 2 atom stereocenters. The van der Waals surface area contributed by atoms with Gasteiger partial charge in [-0.15, -0.1) is 0 Å². The zero-order valence-electron chi connectivity index (χ0n) is 6.18. The molecule has 1 saturated heterocycles. The van der Waals surface area contributed by atoms with E-state index in [4.69, 9.17) is 4.74 Å². The van der Waals surface area contributed by atoms with Crippen LogP contribution in [-0.2, 0) is 4.74 Å². The summed E-state index contributed by atoms with van der Waals surface area (Å²) in [5.41, 5.74) is 0.123. The van der Waals surface area contributed by atoms with Gasteiger partial charge in [-0.2, -0.15) is 0 Å². The van der Waals surface area contributed by atoms with Crippen LogP contribution < -0.4 is 0 Å². The van der Waals surface area contributed by atoms with Crippen molar-refractivity contribution in [2.75, 3.05) is 6.61 Å². The third-order valence-electron chi connectivity index (χ3n) is 2.74. The molecular weight excluding hydrogens is 128 g/mol. The number of ether oxygens (including phenoxy) is 1. The Kier molecular flexibility index (Phi) is 1.46. The zero-order chi connectivity index (χ0) is 7.03. The minimum atomic E-state index is -0.0888. The van der Waals surface area contributed by atoms with Gasteiger partial charge < -0.3 is 9.84 Å². The highest BCUT2D eigenvalue weighted by molar-refractivity contribution is 4.92. The SMILES string of the molecule is OC1CCCC2(CCO2)C1. The highest BCUT2D eigenvalue weighted by Gasteiger charge is 2.41. The predicted octanol–water partition coefficient (Wildman–Crippen LogP) is 1.08. The summed E-state index contributed by atoms with van der Waals surface area (Å²) < 4.78 is 5.47. The van der Waals surface area contributed by atoms with E-state index in [2.05, 4.69) is 0 Å². The van der Waals surface area contributed by atoms with Gasteiger partial charge in [0.25, 0.3) is 0 Å². The second-order valence-electron chi connectivity index (χ2n) is 3.53. The largest absolute Gasteiger partial charge is 0.393 e. The Bertz CT molecular complexity index is 129. The minimum absolute atomic E-state index is 0.0888. The summed E-state index contributed by atoms with van der Waals surface area (Å²) in [6.45, 7) is 0.909. The van der Waals surface area contributed by atoms with Crippen molar-refractivity contribution in [2.45, 2.75) is 43.8 Å². The maximum atomic E-state index is 9.33. The molecule has 1 aliphatic heterocycles. The summed E-state index contributed by atoms with van der Waals surface area (Å²) in [5.74, 6) is 0. The first-order valence-electron chi connectivity index (χ1n) is 4.13. The van der Waals surface area contributed by atoms with E-state index in [1.807, 2.05) is 0 Å². The Morgan fingerprint density at radius 3 is 2.60 bits per heavy atom. The van der Waals surface area contributed by atoms with Crippen molar-refractivity contribution in [3.63, 3.8) is 0 Å².